The molecule has 0 spiro atoms. The molecule has 0 atom stereocenters. The van der Waals surface area contributed by atoms with E-state index in [9.17, 15) is 9.59 Å². The normalized spacial score (nSPS) is 14.3. The van der Waals surface area contributed by atoms with Gasteiger partial charge in [-0.1, -0.05) is 6.07 Å². The summed E-state index contributed by atoms with van der Waals surface area (Å²) in [5.41, 5.74) is -0.165. The van der Waals surface area contributed by atoms with Crippen molar-refractivity contribution in [3.05, 3.63) is 51.1 Å². The molecule has 0 saturated heterocycles. The Bertz CT molecular complexity index is 697. The minimum absolute atomic E-state index is 0.0683. The van der Waals surface area contributed by atoms with E-state index in [4.69, 9.17) is 0 Å². The summed E-state index contributed by atoms with van der Waals surface area (Å²) in [4.78, 5) is 23.6. The van der Waals surface area contributed by atoms with Gasteiger partial charge in [0.2, 0.25) is 0 Å². The van der Waals surface area contributed by atoms with Gasteiger partial charge in [0, 0.05) is 31.9 Å². The lowest BCUT2D eigenvalue weighted by Crippen LogP contribution is -2.34. The van der Waals surface area contributed by atoms with Crippen LogP contribution in [0.3, 0.4) is 0 Å². The van der Waals surface area contributed by atoms with Gasteiger partial charge in [0.05, 0.1) is 13.1 Å². The van der Waals surface area contributed by atoms with Gasteiger partial charge >= 0.3 is 5.69 Å². The maximum absolute atomic E-state index is 12.1. The van der Waals surface area contributed by atoms with Crippen LogP contribution < -0.4 is 16.6 Å². The SMILES string of the molecule is O=c1ccccn1CCn1nc2n(c1=O)CCNC2. The molecule has 19 heavy (non-hydrogen) atoms. The molecule has 2 aromatic heterocycles. The number of hydrogen-bond donors (Lipinski definition) is 1. The van der Waals surface area contributed by atoms with E-state index >= 15 is 0 Å². The fourth-order valence-corrected chi connectivity index (χ4v) is 2.23. The quantitative estimate of drug-likeness (QED) is 0.770. The predicted octanol–water partition coefficient (Wildman–Crippen LogP) is -0.990. The van der Waals surface area contributed by atoms with Gasteiger partial charge < -0.3 is 9.88 Å². The lowest BCUT2D eigenvalue weighted by atomic mass is 10.4. The molecule has 1 aliphatic heterocycles. The molecule has 7 nitrogen and oxygen atoms in total. The van der Waals surface area contributed by atoms with Crippen molar-refractivity contribution < 1.29 is 0 Å². The van der Waals surface area contributed by atoms with Crippen LogP contribution in [0.2, 0.25) is 0 Å². The molecule has 0 amide bonds. The zero-order valence-corrected chi connectivity index (χ0v) is 10.5. The molecule has 0 radical (unpaired) electrons. The van der Waals surface area contributed by atoms with Crippen molar-refractivity contribution in [3.63, 3.8) is 0 Å². The summed E-state index contributed by atoms with van der Waals surface area (Å²) in [6, 6.07) is 5.00. The van der Waals surface area contributed by atoms with E-state index in [1.807, 2.05) is 0 Å². The molecule has 0 fully saturated rings. The lowest BCUT2D eigenvalue weighted by Gasteiger charge is -2.11. The Balaban J connectivity index is 1.81. The van der Waals surface area contributed by atoms with Crippen LogP contribution in [0.15, 0.2) is 34.0 Å². The zero-order chi connectivity index (χ0) is 13.2. The van der Waals surface area contributed by atoms with E-state index in [2.05, 4.69) is 10.4 Å². The number of nitrogens with one attached hydrogen (secondary N) is 1. The summed E-state index contributed by atoms with van der Waals surface area (Å²) in [7, 11) is 0. The van der Waals surface area contributed by atoms with Crippen LogP contribution in [0.1, 0.15) is 5.82 Å². The van der Waals surface area contributed by atoms with Gasteiger partial charge in [-0.05, 0) is 6.07 Å². The number of rotatable bonds is 3. The molecule has 1 N–H and O–H groups in total. The van der Waals surface area contributed by atoms with Crippen molar-refractivity contribution in [2.75, 3.05) is 6.54 Å². The van der Waals surface area contributed by atoms with Gasteiger partial charge in [-0.3, -0.25) is 9.36 Å². The van der Waals surface area contributed by atoms with Crippen LogP contribution in [0.4, 0.5) is 0 Å². The number of nitrogens with zero attached hydrogens (tertiary/aromatic N) is 4. The molecule has 3 rings (SSSR count). The van der Waals surface area contributed by atoms with Gasteiger partial charge in [0.15, 0.2) is 0 Å². The minimum atomic E-state index is -0.0968. The van der Waals surface area contributed by atoms with Crippen molar-refractivity contribution in [1.82, 2.24) is 24.2 Å². The summed E-state index contributed by atoms with van der Waals surface area (Å²) < 4.78 is 4.69. The van der Waals surface area contributed by atoms with Gasteiger partial charge in [0.25, 0.3) is 5.56 Å². The van der Waals surface area contributed by atoms with Gasteiger partial charge in [-0.25, -0.2) is 9.48 Å². The van der Waals surface area contributed by atoms with Crippen LogP contribution >= 0.6 is 0 Å². The molecule has 0 saturated carbocycles. The van der Waals surface area contributed by atoms with Crippen LogP contribution in [-0.4, -0.2) is 25.5 Å². The second-order valence-corrected chi connectivity index (χ2v) is 4.48. The van der Waals surface area contributed by atoms with Crippen LogP contribution in [0, 0.1) is 0 Å². The number of aromatic nitrogens is 4. The summed E-state index contributed by atoms with van der Waals surface area (Å²) in [5.74, 6) is 0.761. The first kappa shape index (κ1) is 11.9. The zero-order valence-electron chi connectivity index (χ0n) is 10.5. The molecular weight excluding hydrogens is 246 g/mol. The minimum Gasteiger partial charge on any atom is -0.314 e. The third-order valence-corrected chi connectivity index (χ3v) is 3.25. The molecule has 100 valence electrons. The highest BCUT2D eigenvalue weighted by Gasteiger charge is 2.15. The predicted molar refractivity (Wildman–Crippen MR) is 68.9 cm³/mol. The van der Waals surface area contributed by atoms with E-state index in [0.29, 0.717) is 26.2 Å². The summed E-state index contributed by atoms with van der Waals surface area (Å²) in [6.45, 7) is 2.91. The molecule has 7 heteroatoms. The lowest BCUT2D eigenvalue weighted by molar-refractivity contribution is 0.493. The monoisotopic (exact) mass is 261 g/mol. The fourth-order valence-electron chi connectivity index (χ4n) is 2.23. The standard InChI is InChI=1S/C12H15N5O2/c18-11-3-1-2-5-15(11)7-8-17-12(19)16-6-4-13-9-10(16)14-17/h1-3,5,13H,4,6-9H2. The average molecular weight is 261 g/mol. The third-order valence-electron chi connectivity index (χ3n) is 3.25. The van der Waals surface area contributed by atoms with Crippen molar-refractivity contribution in [2.45, 2.75) is 26.2 Å². The van der Waals surface area contributed by atoms with Crippen molar-refractivity contribution in [3.8, 4) is 0 Å². The Morgan fingerprint density at radius 2 is 2.16 bits per heavy atom. The van der Waals surface area contributed by atoms with E-state index in [1.165, 1.54) is 10.7 Å². The molecular formula is C12H15N5O2. The maximum atomic E-state index is 12.1. The third kappa shape index (κ3) is 2.24. The molecule has 3 heterocycles. The Morgan fingerprint density at radius 1 is 1.26 bits per heavy atom. The fraction of sp³-hybridized carbons (Fsp3) is 0.417. The first-order chi connectivity index (χ1) is 9.25. The first-order valence-corrected chi connectivity index (χ1v) is 6.28. The average Bonchev–Trinajstić information content (AvgIpc) is 2.75. The van der Waals surface area contributed by atoms with E-state index in [0.717, 1.165) is 12.4 Å². The Labute approximate surface area is 109 Å². The number of hydrogen-bond acceptors (Lipinski definition) is 4. The molecule has 1 aliphatic rings. The maximum Gasteiger partial charge on any atom is 0.346 e. The highest BCUT2D eigenvalue weighted by atomic mass is 16.2. The second kappa shape index (κ2) is 4.85. The topological polar surface area (TPSA) is 73.8 Å². The van der Waals surface area contributed by atoms with Crippen LogP contribution in [0.25, 0.3) is 0 Å². The highest BCUT2D eigenvalue weighted by molar-refractivity contribution is 4.93. The number of fused-ring (bicyclic) bond motifs is 1. The van der Waals surface area contributed by atoms with Crippen molar-refractivity contribution in [2.24, 2.45) is 0 Å². The van der Waals surface area contributed by atoms with Crippen molar-refractivity contribution in [1.29, 1.82) is 0 Å². The first-order valence-electron chi connectivity index (χ1n) is 6.28. The van der Waals surface area contributed by atoms with Crippen molar-refractivity contribution >= 4 is 0 Å². The van der Waals surface area contributed by atoms with Crippen LogP contribution in [-0.2, 0) is 26.2 Å². The Hall–Kier alpha value is -2.15. The van der Waals surface area contributed by atoms with Crippen LogP contribution in [0.5, 0.6) is 0 Å². The summed E-state index contributed by atoms with van der Waals surface area (Å²) in [5, 5.41) is 7.46. The van der Waals surface area contributed by atoms with E-state index in [1.54, 1.807) is 27.5 Å². The molecule has 0 bridgehead atoms. The number of pyridine rings is 1. The molecule has 0 aromatic carbocycles. The molecule has 2 aromatic rings. The summed E-state index contributed by atoms with van der Waals surface area (Å²) >= 11 is 0. The number of aryl methyl sites for hydroxylation is 2. The second-order valence-electron chi connectivity index (χ2n) is 4.48. The Kier molecular flexibility index (Phi) is 3.04. The molecule has 0 aliphatic carbocycles. The largest absolute Gasteiger partial charge is 0.346 e. The van der Waals surface area contributed by atoms with E-state index in [-0.39, 0.29) is 11.2 Å². The smallest absolute Gasteiger partial charge is 0.314 e. The van der Waals surface area contributed by atoms with E-state index < -0.39 is 0 Å². The Morgan fingerprint density at radius 3 is 2.95 bits per heavy atom. The highest BCUT2D eigenvalue weighted by Crippen LogP contribution is 1.97. The van der Waals surface area contributed by atoms with Gasteiger partial charge in [-0.15, -0.1) is 0 Å². The summed E-state index contributed by atoms with van der Waals surface area (Å²) in [6.07, 6.45) is 1.71. The van der Waals surface area contributed by atoms with Gasteiger partial charge in [0.1, 0.15) is 5.82 Å². The van der Waals surface area contributed by atoms with Gasteiger partial charge in [-0.2, -0.15) is 5.10 Å². The molecule has 0 unspecified atom stereocenters.